The molecule has 0 bridgehead atoms. The van der Waals surface area contributed by atoms with E-state index in [1.807, 2.05) is 18.3 Å². The van der Waals surface area contributed by atoms with E-state index in [9.17, 15) is 0 Å². The van der Waals surface area contributed by atoms with Crippen molar-refractivity contribution in [1.82, 2.24) is 4.98 Å². The van der Waals surface area contributed by atoms with Gasteiger partial charge in [-0.05, 0) is 30.9 Å². The third-order valence-electron chi connectivity index (χ3n) is 3.48. The molecule has 1 nitrogen and oxygen atoms in total. The van der Waals surface area contributed by atoms with Gasteiger partial charge in [0.1, 0.15) is 0 Å². The highest BCUT2D eigenvalue weighted by molar-refractivity contribution is 6.21. The summed E-state index contributed by atoms with van der Waals surface area (Å²) < 4.78 is 0. The molecule has 0 saturated heterocycles. The number of hydrogen-bond acceptors (Lipinski definition) is 1. The van der Waals surface area contributed by atoms with Crippen LogP contribution in [0.3, 0.4) is 0 Å². The molecule has 0 amide bonds. The average molecular weight is 224 g/mol. The number of aromatic nitrogens is 1. The molecule has 1 fully saturated rings. The lowest BCUT2D eigenvalue weighted by Gasteiger charge is -2.23. The Morgan fingerprint density at radius 3 is 2.67 bits per heavy atom. The highest BCUT2D eigenvalue weighted by Gasteiger charge is 2.28. The van der Waals surface area contributed by atoms with E-state index < -0.39 is 0 Å². The molecule has 2 rings (SSSR count). The summed E-state index contributed by atoms with van der Waals surface area (Å²) in [7, 11) is 0. The Morgan fingerprint density at radius 2 is 2.07 bits per heavy atom. The average Bonchev–Trinajstić information content (AvgIpc) is 2.82. The second kappa shape index (κ2) is 4.98. The van der Waals surface area contributed by atoms with Crippen LogP contribution in [0.15, 0.2) is 24.4 Å². The molecular formula is C13H18ClN. The minimum atomic E-state index is 0.252. The molecule has 1 heterocycles. The molecule has 2 unspecified atom stereocenters. The fourth-order valence-electron chi connectivity index (χ4n) is 2.49. The van der Waals surface area contributed by atoms with Gasteiger partial charge in [-0.2, -0.15) is 0 Å². The molecule has 0 aromatic carbocycles. The maximum absolute atomic E-state index is 6.53. The van der Waals surface area contributed by atoms with Crippen LogP contribution >= 0.6 is 11.6 Å². The third-order valence-corrected chi connectivity index (χ3v) is 4.22. The van der Waals surface area contributed by atoms with Crippen molar-refractivity contribution in [3.05, 3.63) is 30.1 Å². The molecule has 0 aliphatic heterocycles. The van der Waals surface area contributed by atoms with Crippen LogP contribution < -0.4 is 0 Å². The summed E-state index contributed by atoms with van der Waals surface area (Å²) in [6, 6.07) is 6.07. The van der Waals surface area contributed by atoms with Crippen LogP contribution in [-0.2, 0) is 0 Å². The van der Waals surface area contributed by atoms with Gasteiger partial charge in [-0.3, -0.25) is 4.98 Å². The molecule has 0 radical (unpaired) electrons. The lowest BCUT2D eigenvalue weighted by atomic mass is 9.91. The quantitative estimate of drug-likeness (QED) is 0.707. The van der Waals surface area contributed by atoms with Gasteiger partial charge in [-0.25, -0.2) is 0 Å². The van der Waals surface area contributed by atoms with E-state index in [0.717, 1.165) is 5.69 Å². The Hall–Kier alpha value is -0.560. The van der Waals surface area contributed by atoms with Gasteiger partial charge in [0.15, 0.2) is 0 Å². The van der Waals surface area contributed by atoms with Crippen molar-refractivity contribution in [2.75, 3.05) is 0 Å². The Morgan fingerprint density at radius 1 is 1.33 bits per heavy atom. The largest absolute Gasteiger partial charge is 0.261 e. The van der Waals surface area contributed by atoms with Crippen molar-refractivity contribution >= 4 is 11.6 Å². The van der Waals surface area contributed by atoms with Crippen molar-refractivity contribution in [1.29, 1.82) is 0 Å². The molecule has 2 atom stereocenters. The van der Waals surface area contributed by atoms with Crippen LogP contribution in [0.25, 0.3) is 0 Å². The molecule has 0 spiro atoms. The number of nitrogens with zero attached hydrogens (tertiary/aromatic N) is 1. The fraction of sp³-hybridized carbons (Fsp3) is 0.615. The van der Waals surface area contributed by atoms with Crippen molar-refractivity contribution in [3.63, 3.8) is 0 Å². The summed E-state index contributed by atoms with van der Waals surface area (Å²) in [6.45, 7) is 2.19. The first-order valence-corrected chi connectivity index (χ1v) is 6.27. The van der Waals surface area contributed by atoms with Gasteiger partial charge in [-0.1, -0.05) is 25.8 Å². The molecule has 1 aliphatic rings. The number of rotatable bonds is 3. The lowest BCUT2D eigenvalue weighted by Crippen LogP contribution is -2.19. The Kier molecular flexibility index (Phi) is 3.63. The maximum Gasteiger partial charge on any atom is 0.0446 e. The minimum Gasteiger partial charge on any atom is -0.261 e. The van der Waals surface area contributed by atoms with Gasteiger partial charge in [0.2, 0.25) is 0 Å². The Balaban J connectivity index is 2.03. The van der Waals surface area contributed by atoms with E-state index in [2.05, 4.69) is 18.0 Å². The van der Waals surface area contributed by atoms with E-state index in [-0.39, 0.29) is 5.38 Å². The van der Waals surface area contributed by atoms with Crippen LogP contribution in [0.2, 0.25) is 0 Å². The molecule has 1 aliphatic carbocycles. The SMILES string of the molecule is CC(c1ccccn1)C(Cl)C1CCCC1. The summed E-state index contributed by atoms with van der Waals surface area (Å²) in [6.07, 6.45) is 7.15. The van der Waals surface area contributed by atoms with Crippen LogP contribution in [-0.4, -0.2) is 10.4 Å². The summed E-state index contributed by atoms with van der Waals surface area (Å²) in [5, 5.41) is 0.252. The second-order valence-corrected chi connectivity index (χ2v) is 5.04. The van der Waals surface area contributed by atoms with Crippen molar-refractivity contribution < 1.29 is 0 Å². The van der Waals surface area contributed by atoms with Crippen LogP contribution in [0.1, 0.15) is 44.2 Å². The van der Waals surface area contributed by atoms with Crippen LogP contribution in [0, 0.1) is 5.92 Å². The number of alkyl halides is 1. The molecular weight excluding hydrogens is 206 g/mol. The second-order valence-electron chi connectivity index (χ2n) is 4.53. The van der Waals surface area contributed by atoms with Crippen LogP contribution in [0.4, 0.5) is 0 Å². The van der Waals surface area contributed by atoms with Gasteiger partial charge >= 0.3 is 0 Å². The highest BCUT2D eigenvalue weighted by atomic mass is 35.5. The Bertz CT molecular complexity index is 293. The number of hydrogen-bond donors (Lipinski definition) is 0. The summed E-state index contributed by atoms with van der Waals surface area (Å²) >= 11 is 6.53. The maximum atomic E-state index is 6.53. The lowest BCUT2D eigenvalue weighted by molar-refractivity contribution is 0.464. The first-order valence-electron chi connectivity index (χ1n) is 5.84. The van der Waals surface area contributed by atoms with Crippen molar-refractivity contribution in [2.45, 2.75) is 43.9 Å². The standard InChI is InChI=1S/C13H18ClN/c1-10(12-8-4-5-9-15-12)13(14)11-6-2-3-7-11/h4-5,8-11,13H,2-3,6-7H2,1H3. The number of halogens is 1. The van der Waals surface area contributed by atoms with Crippen molar-refractivity contribution in [3.8, 4) is 0 Å². The Labute approximate surface area is 96.9 Å². The zero-order valence-electron chi connectivity index (χ0n) is 9.20. The molecule has 1 saturated carbocycles. The molecule has 0 N–H and O–H groups in total. The van der Waals surface area contributed by atoms with E-state index in [4.69, 9.17) is 11.6 Å². The molecule has 1 aromatic heterocycles. The van der Waals surface area contributed by atoms with Gasteiger partial charge in [0.25, 0.3) is 0 Å². The van der Waals surface area contributed by atoms with E-state index >= 15 is 0 Å². The normalized spacial score (nSPS) is 21.5. The van der Waals surface area contributed by atoms with E-state index in [1.165, 1.54) is 25.7 Å². The third kappa shape index (κ3) is 2.52. The predicted molar refractivity (Wildman–Crippen MR) is 64.3 cm³/mol. The first kappa shape index (κ1) is 10.9. The summed E-state index contributed by atoms with van der Waals surface area (Å²) in [4.78, 5) is 4.39. The predicted octanol–water partition coefficient (Wildman–Crippen LogP) is 3.98. The van der Waals surface area contributed by atoms with E-state index in [0.29, 0.717) is 11.8 Å². The summed E-state index contributed by atoms with van der Waals surface area (Å²) in [5.41, 5.74) is 1.13. The zero-order chi connectivity index (χ0) is 10.7. The molecule has 82 valence electrons. The van der Waals surface area contributed by atoms with Crippen LogP contribution in [0.5, 0.6) is 0 Å². The molecule has 2 heteroatoms. The smallest absolute Gasteiger partial charge is 0.0446 e. The van der Waals surface area contributed by atoms with Crippen molar-refractivity contribution in [2.24, 2.45) is 5.92 Å². The van der Waals surface area contributed by atoms with Gasteiger partial charge in [0.05, 0.1) is 0 Å². The molecule has 1 aromatic rings. The van der Waals surface area contributed by atoms with Gasteiger partial charge < -0.3 is 0 Å². The van der Waals surface area contributed by atoms with Gasteiger partial charge in [-0.15, -0.1) is 11.6 Å². The minimum absolute atomic E-state index is 0.252. The van der Waals surface area contributed by atoms with E-state index in [1.54, 1.807) is 0 Å². The summed E-state index contributed by atoms with van der Waals surface area (Å²) in [5.74, 6) is 1.07. The molecule has 15 heavy (non-hydrogen) atoms. The topological polar surface area (TPSA) is 12.9 Å². The van der Waals surface area contributed by atoms with Gasteiger partial charge in [0, 0.05) is 23.2 Å². The monoisotopic (exact) mass is 223 g/mol. The first-order chi connectivity index (χ1) is 7.29. The number of pyridine rings is 1. The highest BCUT2D eigenvalue weighted by Crippen LogP contribution is 2.37. The fourth-order valence-corrected chi connectivity index (χ4v) is 2.87. The zero-order valence-corrected chi connectivity index (χ0v) is 9.95.